The molecule has 0 radical (unpaired) electrons. The van der Waals surface area contributed by atoms with E-state index in [0.29, 0.717) is 11.3 Å². The van der Waals surface area contributed by atoms with E-state index in [0.717, 1.165) is 43.0 Å². The summed E-state index contributed by atoms with van der Waals surface area (Å²) in [5, 5.41) is 3.98. The Hall–Kier alpha value is -3.58. The molecule has 1 aliphatic rings. The molecule has 1 N–H and O–H groups in total. The fourth-order valence-corrected chi connectivity index (χ4v) is 5.84. The first kappa shape index (κ1) is 28.4. The summed E-state index contributed by atoms with van der Waals surface area (Å²) in [6.45, 7) is 10.0. The Kier molecular flexibility index (Phi) is 7.94. The van der Waals surface area contributed by atoms with Gasteiger partial charge in [0.15, 0.2) is 10.7 Å². The first-order chi connectivity index (χ1) is 18.3. The van der Waals surface area contributed by atoms with Crippen LogP contribution in [0.1, 0.15) is 38.3 Å². The van der Waals surface area contributed by atoms with E-state index in [9.17, 15) is 17.6 Å². The molecule has 8 nitrogen and oxygen atoms in total. The number of thiazole rings is 1. The van der Waals surface area contributed by atoms with Gasteiger partial charge in [0.1, 0.15) is 23.1 Å². The molecule has 1 aromatic heterocycles. The summed E-state index contributed by atoms with van der Waals surface area (Å²) in [5.41, 5.74) is 1.46. The second-order valence-electron chi connectivity index (χ2n) is 9.77. The monoisotopic (exact) mass is 580 g/mol. The summed E-state index contributed by atoms with van der Waals surface area (Å²) in [6.07, 6.45) is -0.368. The van der Waals surface area contributed by atoms with Gasteiger partial charge in [0.05, 0.1) is 5.51 Å². The lowest BCUT2D eigenvalue weighted by Gasteiger charge is -2.35. The molecule has 0 bridgehead atoms. The van der Waals surface area contributed by atoms with Gasteiger partial charge in [-0.25, -0.2) is 31.4 Å². The van der Waals surface area contributed by atoms with E-state index in [4.69, 9.17) is 4.74 Å². The minimum atomic E-state index is -5.12. The molecule has 1 aliphatic heterocycles. The highest BCUT2D eigenvalue weighted by Crippen LogP contribution is 2.32. The van der Waals surface area contributed by atoms with Crippen molar-refractivity contribution in [2.24, 2.45) is 0 Å². The number of carbonyl (C=O) groups excluding carboxylic acids is 1. The minimum absolute atomic E-state index is 0.121. The van der Waals surface area contributed by atoms with E-state index in [2.05, 4.69) is 16.9 Å². The largest absolute Gasteiger partial charge is 0.443 e. The van der Waals surface area contributed by atoms with Crippen molar-refractivity contribution in [1.82, 2.24) is 9.88 Å². The predicted molar refractivity (Wildman–Crippen MR) is 143 cm³/mol. The van der Waals surface area contributed by atoms with Crippen molar-refractivity contribution in [3.63, 3.8) is 0 Å². The van der Waals surface area contributed by atoms with Gasteiger partial charge in [-0.3, -0.25) is 0 Å². The smallest absolute Gasteiger partial charge is 0.430 e. The second-order valence-corrected chi connectivity index (χ2v) is 12.2. The highest BCUT2D eigenvalue weighted by atomic mass is 32.2. The summed E-state index contributed by atoms with van der Waals surface area (Å²) in [4.78, 5) is 17.3. The maximum atomic E-state index is 15.2. The molecule has 0 atom stereocenters. The van der Waals surface area contributed by atoms with E-state index < -0.39 is 44.1 Å². The topological polar surface area (TPSA) is 91.8 Å². The number of likely N-dealkylation sites (tertiary alicyclic amines) is 1. The van der Waals surface area contributed by atoms with Crippen LogP contribution in [0.15, 0.2) is 52.7 Å². The molecule has 2 aromatic carbocycles. The number of nitrogens with one attached hydrogen (secondary N) is 1. The maximum absolute atomic E-state index is 15.2. The average molecular weight is 581 g/mol. The molecule has 1 saturated heterocycles. The zero-order valence-corrected chi connectivity index (χ0v) is 23.1. The third-order valence-electron chi connectivity index (χ3n) is 5.82. The molecular weight excluding hydrogens is 553 g/mol. The first-order valence-corrected chi connectivity index (χ1v) is 14.3. The number of rotatable bonds is 8. The van der Waals surface area contributed by atoms with E-state index in [-0.39, 0.29) is 27.9 Å². The van der Waals surface area contributed by atoms with Crippen molar-refractivity contribution in [2.45, 2.75) is 44.2 Å². The Bertz CT molecular complexity index is 1480. The molecule has 3 aromatic rings. The molecule has 39 heavy (non-hydrogen) atoms. The Morgan fingerprint density at radius 1 is 1.18 bits per heavy atom. The number of carbonyl (C=O) groups is 1. The summed E-state index contributed by atoms with van der Waals surface area (Å²) in [5.74, 6) is -3.82. The zero-order chi connectivity index (χ0) is 28.5. The number of aromatic nitrogens is 1. The molecule has 0 saturated carbocycles. The fourth-order valence-electron chi connectivity index (χ4n) is 3.88. The van der Waals surface area contributed by atoms with E-state index in [1.165, 1.54) is 37.7 Å². The summed E-state index contributed by atoms with van der Waals surface area (Å²) in [6, 6.07) is 6.05. The van der Waals surface area contributed by atoms with Crippen molar-refractivity contribution in [3.05, 3.63) is 76.4 Å². The van der Waals surface area contributed by atoms with Crippen LogP contribution in [-0.2, 0) is 21.3 Å². The van der Waals surface area contributed by atoms with Crippen molar-refractivity contribution in [3.8, 4) is 0 Å². The van der Waals surface area contributed by atoms with Crippen molar-refractivity contribution in [1.29, 1.82) is 0 Å². The van der Waals surface area contributed by atoms with Crippen LogP contribution >= 0.6 is 11.3 Å². The number of sulfonamides is 1. The highest BCUT2D eigenvalue weighted by molar-refractivity contribution is 7.93. The lowest BCUT2D eigenvalue weighted by molar-refractivity contribution is 0.0608. The van der Waals surface area contributed by atoms with Gasteiger partial charge in [-0.05, 0) is 45.4 Å². The average Bonchev–Trinajstić information content (AvgIpc) is 3.28. The Balaban J connectivity index is 1.64. The summed E-state index contributed by atoms with van der Waals surface area (Å²) >= 11 is 0.979. The maximum Gasteiger partial charge on any atom is 0.430 e. The van der Waals surface area contributed by atoms with Crippen LogP contribution in [0.5, 0.6) is 0 Å². The van der Waals surface area contributed by atoms with Gasteiger partial charge in [0.25, 0.3) is 10.0 Å². The van der Waals surface area contributed by atoms with Gasteiger partial charge < -0.3 is 15.0 Å². The number of halogens is 3. The Morgan fingerprint density at radius 2 is 1.85 bits per heavy atom. The Morgan fingerprint density at radius 3 is 2.38 bits per heavy atom. The van der Waals surface area contributed by atoms with Gasteiger partial charge in [0.2, 0.25) is 0 Å². The third kappa shape index (κ3) is 6.04. The standard InChI is InChI=1S/C26H27F3N4O4S2/c1-16(32-9-6-10-32)18-7-5-8-20(27)19(18)13-30-17-11-21(28)24(22(29)12-17)39(35,36)33(23-14-38-15-31-23)25(34)37-26(2,3)4/h5,7-8,11-12,14-15,30H,1,6,9-10,13H2,2-4H3. The lowest BCUT2D eigenvalue weighted by atomic mass is 10.0. The minimum Gasteiger partial charge on any atom is -0.443 e. The molecule has 0 unspecified atom stereocenters. The van der Waals surface area contributed by atoms with E-state index >= 15 is 8.78 Å². The summed E-state index contributed by atoms with van der Waals surface area (Å²) in [7, 11) is -5.12. The van der Waals surface area contributed by atoms with Crippen LogP contribution in [0.4, 0.5) is 29.5 Å². The summed E-state index contributed by atoms with van der Waals surface area (Å²) < 4.78 is 77.2. The zero-order valence-electron chi connectivity index (χ0n) is 21.5. The molecule has 0 aliphatic carbocycles. The number of nitrogens with zero attached hydrogens (tertiary/aromatic N) is 3. The lowest BCUT2D eigenvalue weighted by Crippen LogP contribution is -2.41. The molecule has 208 valence electrons. The van der Waals surface area contributed by atoms with Crippen LogP contribution < -0.4 is 9.62 Å². The number of hydrogen-bond donors (Lipinski definition) is 1. The molecular formula is C26H27F3N4O4S2. The molecule has 1 amide bonds. The van der Waals surface area contributed by atoms with Crippen LogP contribution in [-0.4, -0.2) is 43.1 Å². The van der Waals surface area contributed by atoms with Gasteiger partial charge in [0, 0.05) is 47.5 Å². The van der Waals surface area contributed by atoms with Gasteiger partial charge in [-0.2, -0.15) is 0 Å². The first-order valence-electron chi connectivity index (χ1n) is 11.9. The van der Waals surface area contributed by atoms with Crippen molar-refractivity contribution < 1.29 is 31.1 Å². The third-order valence-corrected chi connectivity index (χ3v) is 8.12. The predicted octanol–water partition coefficient (Wildman–Crippen LogP) is 5.98. The van der Waals surface area contributed by atoms with Gasteiger partial charge >= 0.3 is 6.09 Å². The Labute approximate surface area is 228 Å². The molecule has 13 heteroatoms. The second kappa shape index (κ2) is 10.9. The molecule has 0 spiro atoms. The van der Waals surface area contributed by atoms with Crippen LogP contribution in [0.25, 0.3) is 5.70 Å². The SMILES string of the molecule is C=C(c1cccc(F)c1CNc1cc(F)c(S(=O)(=O)N(C(=O)OC(C)(C)C)c2cscn2)c(F)c1)N1CCC1. The number of benzene rings is 2. The number of ether oxygens (including phenoxy) is 1. The van der Waals surface area contributed by atoms with Crippen molar-refractivity contribution in [2.75, 3.05) is 22.7 Å². The number of anilines is 2. The highest BCUT2D eigenvalue weighted by Gasteiger charge is 2.39. The molecule has 1 fully saturated rings. The quantitative estimate of drug-likeness (QED) is 0.351. The fraction of sp³-hybridized carbons (Fsp3) is 0.308. The van der Waals surface area contributed by atoms with E-state index in [1.54, 1.807) is 12.1 Å². The van der Waals surface area contributed by atoms with Crippen molar-refractivity contribution >= 4 is 44.7 Å². The molecule has 2 heterocycles. The number of amides is 1. The van der Waals surface area contributed by atoms with Gasteiger partial charge in [-0.1, -0.05) is 18.7 Å². The van der Waals surface area contributed by atoms with E-state index in [1.807, 2.05) is 4.90 Å². The van der Waals surface area contributed by atoms with Crippen LogP contribution in [0.2, 0.25) is 0 Å². The van der Waals surface area contributed by atoms with Crippen LogP contribution in [0.3, 0.4) is 0 Å². The van der Waals surface area contributed by atoms with Crippen LogP contribution in [0, 0.1) is 17.5 Å². The number of hydrogen-bond acceptors (Lipinski definition) is 8. The normalized spacial score (nSPS) is 13.5. The molecule has 4 rings (SSSR count). The van der Waals surface area contributed by atoms with Gasteiger partial charge in [-0.15, -0.1) is 15.6 Å².